The van der Waals surface area contributed by atoms with E-state index < -0.39 is 0 Å². The molecule has 2 atom stereocenters. The Labute approximate surface area is 97.6 Å². The topological polar surface area (TPSA) is 15.3 Å². The van der Waals surface area contributed by atoms with Gasteiger partial charge in [-0.15, -0.1) is 12.4 Å². The second kappa shape index (κ2) is 6.21. The van der Waals surface area contributed by atoms with Crippen molar-refractivity contribution in [2.45, 2.75) is 19.4 Å². The van der Waals surface area contributed by atoms with Gasteiger partial charge in [0.05, 0.1) is 0 Å². The Kier molecular flexibility index (Phi) is 5.60. The minimum atomic E-state index is 0. The summed E-state index contributed by atoms with van der Waals surface area (Å²) in [5.74, 6) is 3.77. The van der Waals surface area contributed by atoms with Crippen LogP contribution in [0.4, 0.5) is 0 Å². The van der Waals surface area contributed by atoms with Gasteiger partial charge in [-0.2, -0.15) is 11.8 Å². The first-order valence-corrected chi connectivity index (χ1v) is 6.54. The largest absolute Gasteiger partial charge is 0.314 e. The summed E-state index contributed by atoms with van der Waals surface area (Å²) in [6.07, 6.45) is 1.45. The van der Waals surface area contributed by atoms with Crippen LogP contribution in [0.25, 0.3) is 0 Å². The predicted octanol–water partition coefficient (Wildman–Crippen LogP) is 1.46. The van der Waals surface area contributed by atoms with E-state index in [1.807, 2.05) is 0 Å². The van der Waals surface area contributed by atoms with Crippen LogP contribution in [0.1, 0.15) is 13.3 Å². The lowest BCUT2D eigenvalue weighted by Gasteiger charge is -2.35. The van der Waals surface area contributed by atoms with Crippen LogP contribution in [0.15, 0.2) is 0 Å². The minimum Gasteiger partial charge on any atom is -0.314 e. The molecule has 0 aliphatic carbocycles. The van der Waals surface area contributed by atoms with E-state index in [1.54, 1.807) is 0 Å². The summed E-state index contributed by atoms with van der Waals surface area (Å²) >= 11 is 2.13. The van der Waals surface area contributed by atoms with Gasteiger partial charge in [0.15, 0.2) is 0 Å². The molecule has 0 bridgehead atoms. The van der Waals surface area contributed by atoms with Crippen LogP contribution < -0.4 is 5.32 Å². The predicted molar refractivity (Wildman–Crippen MR) is 66.6 cm³/mol. The summed E-state index contributed by atoms with van der Waals surface area (Å²) in [5.41, 5.74) is 0. The third-order valence-corrected chi connectivity index (χ3v) is 4.39. The number of hydrogen-bond acceptors (Lipinski definition) is 3. The third-order valence-electron chi connectivity index (χ3n) is 3.16. The van der Waals surface area contributed by atoms with Gasteiger partial charge in [-0.05, 0) is 30.8 Å². The molecule has 2 aliphatic rings. The number of nitrogens with zero attached hydrogens (tertiary/aromatic N) is 1. The van der Waals surface area contributed by atoms with Gasteiger partial charge < -0.3 is 5.32 Å². The Morgan fingerprint density at radius 2 is 2.36 bits per heavy atom. The molecule has 2 saturated heterocycles. The van der Waals surface area contributed by atoms with Gasteiger partial charge >= 0.3 is 0 Å². The molecular formula is C10H21ClN2S. The second-order valence-electron chi connectivity index (χ2n) is 4.28. The average molecular weight is 237 g/mol. The van der Waals surface area contributed by atoms with Crippen molar-refractivity contribution in [3.8, 4) is 0 Å². The summed E-state index contributed by atoms with van der Waals surface area (Å²) in [6.45, 7) is 7.30. The minimum absolute atomic E-state index is 0. The van der Waals surface area contributed by atoms with Crippen LogP contribution in [0.3, 0.4) is 0 Å². The lowest BCUT2D eigenvalue weighted by molar-refractivity contribution is 0.153. The molecular weight excluding hydrogens is 216 g/mol. The zero-order chi connectivity index (χ0) is 9.10. The van der Waals surface area contributed by atoms with E-state index >= 15 is 0 Å². The zero-order valence-electron chi connectivity index (χ0n) is 8.87. The lowest BCUT2D eigenvalue weighted by atomic mass is 10.1. The Balaban J connectivity index is 0.000000980. The maximum Gasteiger partial charge on any atom is 0.0193 e. The van der Waals surface area contributed by atoms with Gasteiger partial charge in [0.2, 0.25) is 0 Å². The summed E-state index contributed by atoms with van der Waals surface area (Å²) < 4.78 is 0. The van der Waals surface area contributed by atoms with Gasteiger partial charge in [0.1, 0.15) is 0 Å². The fourth-order valence-corrected chi connectivity index (χ4v) is 3.49. The first-order valence-electron chi connectivity index (χ1n) is 5.39. The van der Waals surface area contributed by atoms with Crippen LogP contribution in [-0.2, 0) is 0 Å². The summed E-state index contributed by atoms with van der Waals surface area (Å²) in [6, 6.07) is 0.749. The summed E-state index contributed by atoms with van der Waals surface area (Å²) in [4.78, 5) is 2.66. The van der Waals surface area contributed by atoms with E-state index in [9.17, 15) is 0 Å². The van der Waals surface area contributed by atoms with Gasteiger partial charge in [-0.1, -0.05) is 0 Å². The highest BCUT2D eigenvalue weighted by Crippen LogP contribution is 2.24. The van der Waals surface area contributed by atoms with Crippen LogP contribution in [0.2, 0.25) is 0 Å². The molecule has 0 aromatic rings. The van der Waals surface area contributed by atoms with Crippen molar-refractivity contribution in [1.82, 2.24) is 10.2 Å². The molecule has 2 rings (SSSR count). The molecule has 0 amide bonds. The molecule has 0 aromatic heterocycles. The number of nitrogens with one attached hydrogen (secondary N) is 1. The molecule has 14 heavy (non-hydrogen) atoms. The molecule has 1 unspecified atom stereocenters. The molecule has 2 fully saturated rings. The Morgan fingerprint density at radius 1 is 1.50 bits per heavy atom. The smallest absolute Gasteiger partial charge is 0.0193 e. The molecule has 4 heteroatoms. The van der Waals surface area contributed by atoms with Gasteiger partial charge in [-0.3, -0.25) is 4.90 Å². The number of piperazine rings is 1. The molecule has 0 radical (unpaired) electrons. The monoisotopic (exact) mass is 236 g/mol. The molecule has 2 heterocycles. The SMILES string of the molecule is C[C@@H]1CNCCN1CC1CCSC1.Cl. The molecule has 0 saturated carbocycles. The fourth-order valence-electron chi connectivity index (χ4n) is 2.21. The summed E-state index contributed by atoms with van der Waals surface area (Å²) in [7, 11) is 0. The maximum absolute atomic E-state index is 3.44. The maximum atomic E-state index is 3.44. The zero-order valence-corrected chi connectivity index (χ0v) is 10.5. The summed E-state index contributed by atoms with van der Waals surface area (Å²) in [5, 5.41) is 3.44. The number of thioether (sulfide) groups is 1. The molecule has 0 spiro atoms. The Bertz CT molecular complexity index is 162. The van der Waals surface area contributed by atoms with E-state index in [4.69, 9.17) is 0 Å². The highest BCUT2D eigenvalue weighted by Gasteiger charge is 2.23. The molecule has 0 aromatic carbocycles. The molecule has 1 N–H and O–H groups in total. The number of halogens is 1. The normalized spacial score (nSPS) is 34.1. The lowest BCUT2D eigenvalue weighted by Crippen LogP contribution is -2.51. The van der Waals surface area contributed by atoms with E-state index in [0.717, 1.165) is 12.0 Å². The van der Waals surface area contributed by atoms with E-state index in [2.05, 4.69) is 28.9 Å². The van der Waals surface area contributed by atoms with Crippen LogP contribution in [-0.4, -0.2) is 48.6 Å². The van der Waals surface area contributed by atoms with Crippen molar-refractivity contribution in [3.05, 3.63) is 0 Å². The average Bonchev–Trinajstić information content (AvgIpc) is 2.61. The number of rotatable bonds is 2. The van der Waals surface area contributed by atoms with Gasteiger partial charge in [-0.25, -0.2) is 0 Å². The second-order valence-corrected chi connectivity index (χ2v) is 5.43. The highest BCUT2D eigenvalue weighted by atomic mass is 35.5. The first-order chi connectivity index (χ1) is 6.36. The van der Waals surface area contributed by atoms with Crippen molar-refractivity contribution < 1.29 is 0 Å². The van der Waals surface area contributed by atoms with Crippen molar-refractivity contribution in [2.75, 3.05) is 37.7 Å². The van der Waals surface area contributed by atoms with Gasteiger partial charge in [0, 0.05) is 32.2 Å². The third kappa shape index (κ3) is 3.30. The molecule has 2 nitrogen and oxygen atoms in total. The van der Waals surface area contributed by atoms with Crippen LogP contribution >= 0.6 is 24.2 Å². The standard InChI is InChI=1S/C10H20N2S.ClH/c1-9-6-11-3-4-12(9)7-10-2-5-13-8-10;/h9-11H,2-8H2,1H3;1H/t9-,10?;/m1./s1. The van der Waals surface area contributed by atoms with Gasteiger partial charge in [0.25, 0.3) is 0 Å². The van der Waals surface area contributed by atoms with Crippen LogP contribution in [0, 0.1) is 5.92 Å². The quantitative estimate of drug-likeness (QED) is 0.782. The van der Waals surface area contributed by atoms with Crippen molar-refractivity contribution in [1.29, 1.82) is 0 Å². The van der Waals surface area contributed by atoms with E-state index in [-0.39, 0.29) is 12.4 Å². The fraction of sp³-hybridized carbons (Fsp3) is 1.00. The van der Waals surface area contributed by atoms with E-state index in [1.165, 1.54) is 44.1 Å². The highest BCUT2D eigenvalue weighted by molar-refractivity contribution is 7.99. The van der Waals surface area contributed by atoms with Crippen LogP contribution in [0.5, 0.6) is 0 Å². The molecule has 84 valence electrons. The van der Waals surface area contributed by atoms with E-state index in [0.29, 0.717) is 0 Å². The van der Waals surface area contributed by atoms with Crippen molar-refractivity contribution in [3.63, 3.8) is 0 Å². The Hall–Kier alpha value is 0.560. The van der Waals surface area contributed by atoms with Crippen molar-refractivity contribution in [2.24, 2.45) is 5.92 Å². The first kappa shape index (κ1) is 12.6. The van der Waals surface area contributed by atoms with Crippen molar-refractivity contribution >= 4 is 24.2 Å². The Morgan fingerprint density at radius 3 is 3.00 bits per heavy atom. The molecule has 2 aliphatic heterocycles. The number of hydrogen-bond donors (Lipinski definition) is 1.